The van der Waals surface area contributed by atoms with E-state index in [-0.39, 0.29) is 6.10 Å². The smallest absolute Gasteiger partial charge is 0.117 e. The summed E-state index contributed by atoms with van der Waals surface area (Å²) in [5, 5.41) is 19.4. The molecule has 0 aromatic carbocycles. The van der Waals surface area contributed by atoms with Crippen molar-refractivity contribution in [3.8, 4) is 0 Å². The van der Waals surface area contributed by atoms with Crippen LogP contribution < -0.4 is 0 Å². The molecular formula is C8H12N2OS. The van der Waals surface area contributed by atoms with E-state index in [1.807, 2.05) is 6.92 Å². The molecule has 2 rings (SSSR count). The molecule has 0 saturated heterocycles. The summed E-state index contributed by atoms with van der Waals surface area (Å²) in [6.45, 7) is 1.96. The molecule has 4 heteroatoms. The van der Waals surface area contributed by atoms with E-state index in [0.29, 0.717) is 5.92 Å². The van der Waals surface area contributed by atoms with Crippen molar-refractivity contribution in [2.24, 2.45) is 5.92 Å². The first-order valence-corrected chi connectivity index (χ1v) is 5.04. The van der Waals surface area contributed by atoms with Crippen LogP contribution in [0.1, 0.15) is 22.9 Å². The molecule has 2 atom stereocenters. The normalized spacial score (nSPS) is 28.5. The number of nitrogens with zero attached hydrogens (tertiary/aromatic N) is 2. The Hall–Kier alpha value is -0.480. The first-order valence-electron chi connectivity index (χ1n) is 4.23. The third-order valence-electron chi connectivity index (χ3n) is 2.38. The number of aliphatic hydroxyl groups excluding tert-OH is 1. The average molecular weight is 184 g/mol. The number of aromatic nitrogens is 2. The Morgan fingerprint density at radius 2 is 2.33 bits per heavy atom. The van der Waals surface area contributed by atoms with Crippen LogP contribution in [0.5, 0.6) is 0 Å². The van der Waals surface area contributed by atoms with E-state index in [1.165, 1.54) is 0 Å². The van der Waals surface area contributed by atoms with Gasteiger partial charge in [-0.05, 0) is 25.7 Å². The monoisotopic (exact) mass is 184 g/mol. The largest absolute Gasteiger partial charge is 0.393 e. The Kier molecular flexibility index (Phi) is 2.11. The van der Waals surface area contributed by atoms with Crippen LogP contribution in [0.3, 0.4) is 0 Å². The van der Waals surface area contributed by atoms with Gasteiger partial charge in [0, 0.05) is 6.42 Å². The molecule has 2 unspecified atom stereocenters. The Balaban J connectivity index is 1.95. The molecule has 1 aromatic rings. The van der Waals surface area contributed by atoms with Gasteiger partial charge in [-0.3, -0.25) is 0 Å². The van der Waals surface area contributed by atoms with E-state index >= 15 is 0 Å². The second kappa shape index (κ2) is 3.11. The number of hydrogen-bond donors (Lipinski definition) is 1. The first-order chi connectivity index (χ1) is 5.75. The number of aliphatic hydroxyl groups is 1. The summed E-state index contributed by atoms with van der Waals surface area (Å²) in [7, 11) is 0. The summed E-state index contributed by atoms with van der Waals surface area (Å²) in [5.41, 5.74) is 0. The lowest BCUT2D eigenvalue weighted by molar-refractivity contribution is 0.0243. The zero-order valence-corrected chi connectivity index (χ0v) is 7.84. The van der Waals surface area contributed by atoms with Gasteiger partial charge in [-0.25, -0.2) is 0 Å². The summed E-state index contributed by atoms with van der Waals surface area (Å²) in [4.78, 5) is 0. The summed E-state index contributed by atoms with van der Waals surface area (Å²) >= 11 is 1.63. The Bertz CT molecular complexity index is 274. The molecule has 1 aliphatic rings. The van der Waals surface area contributed by atoms with Crippen LogP contribution >= 0.6 is 11.3 Å². The van der Waals surface area contributed by atoms with E-state index < -0.39 is 0 Å². The van der Waals surface area contributed by atoms with Gasteiger partial charge in [-0.15, -0.1) is 21.5 Å². The van der Waals surface area contributed by atoms with Crippen LogP contribution in [-0.4, -0.2) is 21.4 Å². The fourth-order valence-electron chi connectivity index (χ4n) is 1.43. The molecule has 0 radical (unpaired) electrons. The van der Waals surface area contributed by atoms with Gasteiger partial charge in [0.25, 0.3) is 0 Å². The molecule has 1 fully saturated rings. The number of aryl methyl sites for hydroxylation is 1. The fraction of sp³-hybridized carbons (Fsp3) is 0.750. The molecule has 66 valence electrons. The predicted molar refractivity (Wildman–Crippen MR) is 47.1 cm³/mol. The van der Waals surface area contributed by atoms with E-state index in [9.17, 15) is 5.11 Å². The fourth-order valence-corrected chi connectivity index (χ4v) is 2.24. The predicted octanol–water partition coefficient (Wildman–Crippen LogP) is 1.16. The molecule has 1 saturated carbocycles. The third-order valence-corrected chi connectivity index (χ3v) is 3.24. The van der Waals surface area contributed by atoms with Gasteiger partial charge < -0.3 is 5.11 Å². The Labute approximate surface area is 75.5 Å². The van der Waals surface area contributed by atoms with Crippen molar-refractivity contribution < 1.29 is 5.11 Å². The maximum atomic E-state index is 9.33. The highest BCUT2D eigenvalue weighted by Crippen LogP contribution is 2.30. The van der Waals surface area contributed by atoms with Crippen LogP contribution in [0.25, 0.3) is 0 Å². The Morgan fingerprint density at radius 1 is 1.50 bits per heavy atom. The molecule has 1 heterocycles. The SMILES string of the molecule is Cc1nnc(CC2CCC2O)s1. The van der Waals surface area contributed by atoms with Crippen molar-refractivity contribution >= 4 is 11.3 Å². The summed E-state index contributed by atoms with van der Waals surface area (Å²) in [6, 6.07) is 0. The van der Waals surface area contributed by atoms with Gasteiger partial charge in [-0.1, -0.05) is 0 Å². The minimum atomic E-state index is -0.0887. The van der Waals surface area contributed by atoms with E-state index in [2.05, 4.69) is 10.2 Å². The molecule has 1 N–H and O–H groups in total. The van der Waals surface area contributed by atoms with Crippen LogP contribution in [-0.2, 0) is 6.42 Å². The lowest BCUT2D eigenvalue weighted by atomic mass is 9.80. The van der Waals surface area contributed by atoms with Crippen molar-refractivity contribution in [3.63, 3.8) is 0 Å². The van der Waals surface area contributed by atoms with Gasteiger partial charge >= 0.3 is 0 Å². The minimum absolute atomic E-state index is 0.0887. The van der Waals surface area contributed by atoms with Gasteiger partial charge in [0.05, 0.1) is 6.10 Å². The van der Waals surface area contributed by atoms with Crippen LogP contribution in [0.2, 0.25) is 0 Å². The highest BCUT2D eigenvalue weighted by Gasteiger charge is 2.29. The van der Waals surface area contributed by atoms with Crippen molar-refractivity contribution in [1.29, 1.82) is 0 Å². The maximum absolute atomic E-state index is 9.33. The highest BCUT2D eigenvalue weighted by atomic mass is 32.1. The number of rotatable bonds is 2. The molecule has 3 nitrogen and oxygen atoms in total. The number of hydrogen-bond acceptors (Lipinski definition) is 4. The van der Waals surface area contributed by atoms with Crippen LogP contribution in [0, 0.1) is 12.8 Å². The molecule has 1 aliphatic carbocycles. The lowest BCUT2D eigenvalue weighted by Gasteiger charge is -2.31. The van der Waals surface area contributed by atoms with Gasteiger partial charge in [0.2, 0.25) is 0 Å². The summed E-state index contributed by atoms with van der Waals surface area (Å²) in [5.74, 6) is 0.442. The van der Waals surface area contributed by atoms with Crippen molar-refractivity contribution in [1.82, 2.24) is 10.2 Å². The summed E-state index contributed by atoms with van der Waals surface area (Å²) < 4.78 is 0. The molecule has 1 aromatic heterocycles. The standard InChI is InChI=1S/C8H12N2OS/c1-5-9-10-8(12-5)4-6-2-3-7(6)11/h6-7,11H,2-4H2,1H3. The van der Waals surface area contributed by atoms with Crippen LogP contribution in [0.15, 0.2) is 0 Å². The zero-order chi connectivity index (χ0) is 8.55. The molecular weight excluding hydrogens is 172 g/mol. The van der Waals surface area contributed by atoms with Gasteiger partial charge in [0.15, 0.2) is 0 Å². The molecule has 0 aliphatic heterocycles. The van der Waals surface area contributed by atoms with Crippen molar-refractivity contribution in [2.45, 2.75) is 32.3 Å². The highest BCUT2D eigenvalue weighted by molar-refractivity contribution is 7.11. The minimum Gasteiger partial charge on any atom is -0.393 e. The lowest BCUT2D eigenvalue weighted by Crippen LogP contribution is -2.32. The topological polar surface area (TPSA) is 46.0 Å². The Morgan fingerprint density at radius 3 is 2.75 bits per heavy atom. The van der Waals surface area contributed by atoms with E-state index in [0.717, 1.165) is 29.3 Å². The third kappa shape index (κ3) is 1.49. The first kappa shape index (κ1) is 8.13. The van der Waals surface area contributed by atoms with E-state index in [1.54, 1.807) is 11.3 Å². The summed E-state index contributed by atoms with van der Waals surface area (Å²) in [6.07, 6.45) is 2.92. The average Bonchev–Trinajstić information content (AvgIpc) is 2.44. The molecule has 12 heavy (non-hydrogen) atoms. The van der Waals surface area contributed by atoms with Crippen LogP contribution in [0.4, 0.5) is 0 Å². The van der Waals surface area contributed by atoms with Gasteiger partial charge in [-0.2, -0.15) is 0 Å². The maximum Gasteiger partial charge on any atom is 0.117 e. The van der Waals surface area contributed by atoms with E-state index in [4.69, 9.17) is 0 Å². The van der Waals surface area contributed by atoms with Crippen molar-refractivity contribution in [2.75, 3.05) is 0 Å². The van der Waals surface area contributed by atoms with Crippen molar-refractivity contribution in [3.05, 3.63) is 10.0 Å². The molecule has 0 amide bonds. The zero-order valence-electron chi connectivity index (χ0n) is 7.03. The second-order valence-electron chi connectivity index (χ2n) is 3.32. The second-order valence-corrected chi connectivity index (χ2v) is 4.59. The molecule has 0 spiro atoms. The van der Waals surface area contributed by atoms with Gasteiger partial charge in [0.1, 0.15) is 10.0 Å². The quantitative estimate of drug-likeness (QED) is 0.750. The molecule has 0 bridgehead atoms.